The first kappa shape index (κ1) is 47.8. The van der Waals surface area contributed by atoms with Crippen LogP contribution in [0.3, 0.4) is 0 Å². The SMILES string of the molecule is CCC(C)C(NC(=O)c1cc(Cc2cc(C(=O)NC(C(=O)O)C(C)CC)cc(C(=O)NC(C(=O)O)C(C)CC)c2)cc(C(=O)NC(Cc2ccccc2)C(=O)O)c1)C(=O)O. The minimum atomic E-state index is -1.38. The van der Waals surface area contributed by atoms with Crippen LogP contribution in [0.1, 0.15) is 119 Å². The van der Waals surface area contributed by atoms with Crippen LogP contribution < -0.4 is 21.3 Å². The van der Waals surface area contributed by atoms with Crippen LogP contribution in [0.5, 0.6) is 0 Å². The third kappa shape index (κ3) is 13.2. The van der Waals surface area contributed by atoms with Gasteiger partial charge in [-0.1, -0.05) is 91.1 Å². The maximum Gasteiger partial charge on any atom is 0.326 e. The molecule has 0 saturated heterocycles. The highest BCUT2D eigenvalue weighted by molar-refractivity contribution is 6.03. The Morgan fingerprint density at radius 1 is 0.450 bits per heavy atom. The van der Waals surface area contributed by atoms with Gasteiger partial charge in [0.1, 0.15) is 24.2 Å². The van der Waals surface area contributed by atoms with Gasteiger partial charge in [-0.15, -0.1) is 0 Å². The van der Waals surface area contributed by atoms with Crippen LogP contribution in [0.4, 0.5) is 0 Å². The minimum Gasteiger partial charge on any atom is -0.480 e. The Morgan fingerprint density at radius 3 is 1.05 bits per heavy atom. The molecule has 16 heteroatoms. The number of carbonyl (C=O) groups is 8. The van der Waals surface area contributed by atoms with Gasteiger partial charge < -0.3 is 41.7 Å². The molecule has 0 aliphatic heterocycles. The second kappa shape index (κ2) is 22.0. The van der Waals surface area contributed by atoms with E-state index in [2.05, 4.69) is 21.3 Å². The van der Waals surface area contributed by atoms with Gasteiger partial charge in [-0.2, -0.15) is 0 Å². The predicted octanol–water partition coefficient (Wildman–Crippen LogP) is 4.39. The fourth-order valence-corrected chi connectivity index (χ4v) is 6.36. The van der Waals surface area contributed by atoms with Crippen molar-refractivity contribution in [1.82, 2.24) is 21.3 Å². The maximum absolute atomic E-state index is 13.8. The van der Waals surface area contributed by atoms with Gasteiger partial charge in [0.2, 0.25) is 0 Å². The van der Waals surface area contributed by atoms with Crippen molar-refractivity contribution in [3.05, 3.63) is 106 Å². The van der Waals surface area contributed by atoms with Crippen LogP contribution in [-0.2, 0) is 32.0 Å². The second-order valence-electron chi connectivity index (χ2n) is 15.1. The van der Waals surface area contributed by atoms with Crippen molar-refractivity contribution >= 4 is 47.5 Å². The lowest BCUT2D eigenvalue weighted by Gasteiger charge is -2.22. The fraction of sp³-hybridized carbons (Fsp3) is 0.409. The van der Waals surface area contributed by atoms with E-state index >= 15 is 0 Å². The van der Waals surface area contributed by atoms with Gasteiger partial charge >= 0.3 is 23.9 Å². The molecule has 0 fully saturated rings. The van der Waals surface area contributed by atoms with Crippen LogP contribution in [0.2, 0.25) is 0 Å². The molecule has 7 unspecified atom stereocenters. The molecule has 16 nitrogen and oxygen atoms in total. The van der Waals surface area contributed by atoms with Gasteiger partial charge in [-0.25, -0.2) is 19.2 Å². The minimum absolute atomic E-state index is 0.0661. The molecule has 3 aromatic rings. The number of rotatable bonds is 22. The van der Waals surface area contributed by atoms with Gasteiger partial charge in [-0.3, -0.25) is 19.2 Å². The van der Waals surface area contributed by atoms with Crippen LogP contribution in [0.15, 0.2) is 66.7 Å². The fourth-order valence-electron chi connectivity index (χ4n) is 6.36. The summed E-state index contributed by atoms with van der Waals surface area (Å²) < 4.78 is 0. The summed E-state index contributed by atoms with van der Waals surface area (Å²) >= 11 is 0. The number of benzene rings is 3. The summed E-state index contributed by atoms with van der Waals surface area (Å²) in [7, 11) is 0. The lowest BCUT2D eigenvalue weighted by molar-refractivity contribution is -0.141. The smallest absolute Gasteiger partial charge is 0.326 e. The Bertz CT molecular complexity index is 2010. The average molecular weight is 831 g/mol. The summed E-state index contributed by atoms with van der Waals surface area (Å²) in [6.07, 6.45) is 1.01. The first-order valence-electron chi connectivity index (χ1n) is 19.8. The summed E-state index contributed by atoms with van der Waals surface area (Å²) in [5.74, 6) is -9.99. The lowest BCUT2D eigenvalue weighted by atomic mass is 9.94. The molecule has 0 saturated carbocycles. The van der Waals surface area contributed by atoms with Crippen molar-refractivity contribution in [1.29, 1.82) is 0 Å². The maximum atomic E-state index is 13.8. The number of aliphatic carboxylic acids is 4. The Balaban J connectivity index is 2.19. The van der Waals surface area contributed by atoms with E-state index in [0.29, 0.717) is 24.8 Å². The van der Waals surface area contributed by atoms with Gasteiger partial charge in [0.25, 0.3) is 23.6 Å². The van der Waals surface area contributed by atoms with Gasteiger partial charge in [-0.05, 0) is 77.3 Å². The summed E-state index contributed by atoms with van der Waals surface area (Å²) in [5, 5.41) is 49.5. The zero-order valence-electron chi connectivity index (χ0n) is 34.5. The average Bonchev–Trinajstić information content (AvgIpc) is 3.21. The van der Waals surface area contributed by atoms with Gasteiger partial charge in [0.05, 0.1) is 0 Å². The van der Waals surface area contributed by atoms with Crippen LogP contribution in [-0.4, -0.2) is 92.1 Å². The standard InChI is InChI=1S/C44H54N4O12/c1-7-23(4)34(42(55)56)46-38(50)30-17-27(16-29(21-30)37(49)45-33(41(53)54)20-26-13-11-10-12-14-26)15-28-18-31(39(51)47-35(43(57)58)24(5)8-2)22-32(19-28)40(52)48-36(44(59)60)25(6)9-3/h10-14,16-19,21-25,33-36H,7-9,15,20H2,1-6H3,(H,45,49)(H,46,50)(H,47,51)(H,48,52)(H,53,54)(H,55,56)(H,57,58)(H,59,60). The molecule has 8 N–H and O–H groups in total. The summed E-state index contributed by atoms with van der Waals surface area (Å²) in [6, 6.07) is 11.2. The zero-order chi connectivity index (χ0) is 44.8. The van der Waals surface area contributed by atoms with E-state index < -0.39 is 89.4 Å². The number of carboxylic acids is 4. The first-order chi connectivity index (χ1) is 28.3. The highest BCUT2D eigenvalue weighted by atomic mass is 16.4. The molecular weight excluding hydrogens is 776 g/mol. The summed E-state index contributed by atoms with van der Waals surface area (Å²) in [4.78, 5) is 103. The number of hydrogen-bond donors (Lipinski definition) is 8. The highest BCUT2D eigenvalue weighted by Gasteiger charge is 2.30. The molecule has 0 spiro atoms. The quantitative estimate of drug-likeness (QED) is 0.0701. The Labute approximate surface area is 348 Å². The second-order valence-corrected chi connectivity index (χ2v) is 15.1. The topological polar surface area (TPSA) is 266 Å². The third-order valence-corrected chi connectivity index (χ3v) is 10.6. The Hall–Kier alpha value is -6.58. The van der Waals surface area contributed by atoms with Crippen LogP contribution >= 0.6 is 0 Å². The molecular formula is C44H54N4O12. The van der Waals surface area contributed by atoms with Crippen molar-refractivity contribution in [2.45, 2.75) is 97.8 Å². The molecule has 7 atom stereocenters. The number of carbonyl (C=O) groups excluding carboxylic acids is 4. The molecule has 0 aliphatic carbocycles. The van der Waals surface area contributed by atoms with E-state index in [9.17, 15) is 58.8 Å². The molecule has 0 aliphatic rings. The van der Waals surface area contributed by atoms with Gasteiger partial charge in [0.15, 0.2) is 0 Å². The zero-order valence-corrected chi connectivity index (χ0v) is 34.5. The van der Waals surface area contributed by atoms with Crippen molar-refractivity contribution in [3.8, 4) is 0 Å². The van der Waals surface area contributed by atoms with Crippen molar-refractivity contribution in [3.63, 3.8) is 0 Å². The number of carboxylic acid groups (broad SMARTS) is 4. The Morgan fingerprint density at radius 2 is 0.767 bits per heavy atom. The van der Waals surface area contributed by atoms with Crippen LogP contribution in [0, 0.1) is 17.8 Å². The molecule has 4 amide bonds. The van der Waals surface area contributed by atoms with E-state index in [-0.39, 0.29) is 46.2 Å². The summed E-state index contributed by atoms with van der Waals surface area (Å²) in [5.41, 5.74) is 0.533. The van der Waals surface area contributed by atoms with Crippen molar-refractivity contribution < 1.29 is 58.8 Å². The highest BCUT2D eigenvalue weighted by Crippen LogP contribution is 2.21. The lowest BCUT2D eigenvalue weighted by Crippen LogP contribution is -2.45. The molecule has 3 aromatic carbocycles. The number of hydrogen-bond acceptors (Lipinski definition) is 8. The van der Waals surface area contributed by atoms with E-state index in [0.717, 1.165) is 0 Å². The molecule has 0 bridgehead atoms. The molecule has 60 heavy (non-hydrogen) atoms. The van der Waals surface area contributed by atoms with E-state index in [1.807, 2.05) is 0 Å². The van der Waals surface area contributed by atoms with Crippen molar-refractivity contribution in [2.24, 2.45) is 17.8 Å². The van der Waals surface area contributed by atoms with E-state index in [1.54, 1.807) is 71.9 Å². The molecule has 0 aromatic heterocycles. The molecule has 0 heterocycles. The summed E-state index contributed by atoms with van der Waals surface area (Å²) in [6.45, 7) is 10.2. The van der Waals surface area contributed by atoms with Crippen LogP contribution in [0.25, 0.3) is 0 Å². The molecule has 322 valence electrons. The number of nitrogens with one attached hydrogen (secondary N) is 4. The largest absolute Gasteiger partial charge is 0.480 e. The monoisotopic (exact) mass is 830 g/mol. The van der Waals surface area contributed by atoms with Gasteiger partial charge in [0, 0.05) is 28.7 Å². The first-order valence-corrected chi connectivity index (χ1v) is 19.8. The van der Waals surface area contributed by atoms with E-state index in [1.165, 1.54) is 36.4 Å². The van der Waals surface area contributed by atoms with Crippen molar-refractivity contribution in [2.75, 3.05) is 0 Å². The molecule has 0 radical (unpaired) electrons. The number of amides is 4. The van der Waals surface area contributed by atoms with E-state index in [4.69, 9.17) is 0 Å². The normalized spacial score (nSPS) is 14.5. The predicted molar refractivity (Wildman–Crippen MR) is 220 cm³/mol. The Kier molecular flexibility index (Phi) is 17.5. The third-order valence-electron chi connectivity index (χ3n) is 10.6. The molecule has 3 rings (SSSR count).